The highest BCUT2D eigenvalue weighted by Crippen LogP contribution is 1.93. The van der Waals surface area contributed by atoms with Crippen molar-refractivity contribution >= 4 is 11.9 Å². The average molecular weight is 290 g/mol. The van der Waals surface area contributed by atoms with Crippen molar-refractivity contribution in [1.29, 1.82) is 0 Å². The predicted octanol–water partition coefficient (Wildman–Crippen LogP) is -0.267. The minimum absolute atomic E-state index is 0.262. The van der Waals surface area contributed by atoms with E-state index >= 15 is 0 Å². The van der Waals surface area contributed by atoms with Crippen molar-refractivity contribution < 1.29 is 14.3 Å². The second kappa shape index (κ2) is 9.04. The minimum Gasteiger partial charge on any atom is -0.461 e. The lowest BCUT2D eigenvalue weighted by Crippen LogP contribution is -2.30. The zero-order valence-electron chi connectivity index (χ0n) is 11.3. The first kappa shape index (κ1) is 16.1. The molecule has 110 valence electrons. The van der Waals surface area contributed by atoms with Crippen LogP contribution in [-0.2, 0) is 4.74 Å². The number of hydrogen-bond donors (Lipinski definition) is 2. The second-order valence-electron chi connectivity index (χ2n) is 3.38. The van der Waals surface area contributed by atoms with E-state index in [1.165, 1.54) is 37.2 Å². The SMILES string of the molecule is CCOC(=O)c1ccncn1.NNC(=O)c1ccncn1. The van der Waals surface area contributed by atoms with Crippen LogP contribution in [0.25, 0.3) is 0 Å². The van der Waals surface area contributed by atoms with E-state index < -0.39 is 11.9 Å². The number of aromatic nitrogens is 4. The van der Waals surface area contributed by atoms with Gasteiger partial charge in [0.05, 0.1) is 6.61 Å². The van der Waals surface area contributed by atoms with Crippen LogP contribution < -0.4 is 11.3 Å². The molecule has 0 unspecified atom stereocenters. The quantitative estimate of drug-likeness (QED) is 0.341. The molecular formula is C12H14N6O3. The summed E-state index contributed by atoms with van der Waals surface area (Å²) < 4.78 is 4.70. The van der Waals surface area contributed by atoms with Crippen LogP contribution in [0.3, 0.4) is 0 Å². The Morgan fingerprint density at radius 1 is 1.14 bits per heavy atom. The van der Waals surface area contributed by atoms with Crippen LogP contribution in [0.4, 0.5) is 0 Å². The first-order valence-corrected chi connectivity index (χ1v) is 5.89. The average Bonchev–Trinajstić information content (AvgIpc) is 2.56. The van der Waals surface area contributed by atoms with E-state index in [1.807, 2.05) is 5.43 Å². The van der Waals surface area contributed by atoms with E-state index in [0.29, 0.717) is 12.3 Å². The van der Waals surface area contributed by atoms with Crippen LogP contribution in [0.2, 0.25) is 0 Å². The third-order valence-corrected chi connectivity index (χ3v) is 2.01. The third kappa shape index (κ3) is 5.70. The van der Waals surface area contributed by atoms with Crippen molar-refractivity contribution in [3.05, 3.63) is 48.6 Å². The summed E-state index contributed by atoms with van der Waals surface area (Å²) in [5.74, 6) is 4.02. The Hall–Kier alpha value is -2.94. The second-order valence-corrected chi connectivity index (χ2v) is 3.38. The third-order valence-electron chi connectivity index (χ3n) is 2.01. The van der Waals surface area contributed by atoms with Gasteiger partial charge in [0.25, 0.3) is 5.91 Å². The van der Waals surface area contributed by atoms with Crippen molar-refractivity contribution in [3.63, 3.8) is 0 Å². The molecule has 0 saturated carbocycles. The predicted molar refractivity (Wildman–Crippen MR) is 71.7 cm³/mol. The van der Waals surface area contributed by atoms with Gasteiger partial charge in [-0.05, 0) is 19.1 Å². The van der Waals surface area contributed by atoms with Crippen LogP contribution in [-0.4, -0.2) is 38.4 Å². The van der Waals surface area contributed by atoms with Gasteiger partial charge in [-0.3, -0.25) is 10.2 Å². The fraction of sp³-hybridized carbons (Fsp3) is 0.167. The molecule has 0 aliphatic heterocycles. The molecule has 3 N–H and O–H groups in total. The molecule has 0 spiro atoms. The van der Waals surface area contributed by atoms with Gasteiger partial charge in [0, 0.05) is 12.4 Å². The lowest BCUT2D eigenvalue weighted by Gasteiger charge is -1.97. The maximum atomic E-state index is 10.9. The normalized spacial score (nSPS) is 9.05. The van der Waals surface area contributed by atoms with Gasteiger partial charge in [-0.25, -0.2) is 30.6 Å². The van der Waals surface area contributed by atoms with Crippen LogP contribution in [0.1, 0.15) is 27.9 Å². The van der Waals surface area contributed by atoms with Gasteiger partial charge in [0.15, 0.2) is 5.69 Å². The smallest absolute Gasteiger partial charge is 0.357 e. The number of nitrogen functional groups attached to an aromatic ring is 1. The van der Waals surface area contributed by atoms with Crippen molar-refractivity contribution in [3.8, 4) is 0 Å². The number of hydrazine groups is 1. The molecular weight excluding hydrogens is 276 g/mol. The number of amides is 1. The largest absolute Gasteiger partial charge is 0.461 e. The Balaban J connectivity index is 0.000000211. The summed E-state index contributed by atoms with van der Waals surface area (Å²) >= 11 is 0. The van der Waals surface area contributed by atoms with Crippen molar-refractivity contribution in [2.75, 3.05) is 6.61 Å². The molecule has 0 aliphatic carbocycles. The summed E-state index contributed by atoms with van der Waals surface area (Å²) in [6, 6.07) is 2.99. The number of carbonyl (C=O) groups is 2. The number of carbonyl (C=O) groups excluding carboxylic acids is 2. The first-order chi connectivity index (χ1) is 10.2. The Morgan fingerprint density at radius 2 is 1.71 bits per heavy atom. The van der Waals surface area contributed by atoms with Crippen LogP contribution in [0.15, 0.2) is 37.2 Å². The highest BCUT2D eigenvalue weighted by atomic mass is 16.5. The molecule has 0 fully saturated rings. The standard InChI is InChI=1S/C7H8N2O2.C5H6N4O/c1-2-11-7(10)6-3-4-8-5-9-6;6-9-5(10)4-1-2-7-3-8-4/h3-5H,2H2,1H3;1-3H,6H2,(H,9,10). The van der Waals surface area contributed by atoms with Crippen molar-refractivity contribution in [2.45, 2.75) is 6.92 Å². The molecule has 0 radical (unpaired) electrons. The van der Waals surface area contributed by atoms with Crippen molar-refractivity contribution in [2.24, 2.45) is 5.84 Å². The summed E-state index contributed by atoms with van der Waals surface area (Å²) in [6.07, 6.45) is 5.56. The van der Waals surface area contributed by atoms with Gasteiger partial charge >= 0.3 is 5.97 Å². The molecule has 0 aliphatic rings. The molecule has 0 atom stereocenters. The fourth-order valence-electron chi connectivity index (χ4n) is 1.12. The van der Waals surface area contributed by atoms with E-state index in [0.717, 1.165) is 0 Å². The van der Waals surface area contributed by atoms with Crippen LogP contribution >= 0.6 is 0 Å². The molecule has 0 aromatic carbocycles. The number of nitrogens with zero attached hydrogens (tertiary/aromatic N) is 4. The van der Waals surface area contributed by atoms with E-state index in [2.05, 4.69) is 19.9 Å². The van der Waals surface area contributed by atoms with Gasteiger partial charge in [0.1, 0.15) is 18.3 Å². The van der Waals surface area contributed by atoms with E-state index in [4.69, 9.17) is 10.6 Å². The lowest BCUT2D eigenvalue weighted by molar-refractivity contribution is 0.0519. The van der Waals surface area contributed by atoms with E-state index in [1.54, 1.807) is 6.92 Å². The van der Waals surface area contributed by atoms with Gasteiger partial charge in [-0.2, -0.15) is 0 Å². The van der Waals surface area contributed by atoms with Crippen LogP contribution in [0, 0.1) is 0 Å². The summed E-state index contributed by atoms with van der Waals surface area (Å²) in [6.45, 7) is 2.11. The highest BCUT2D eigenvalue weighted by molar-refractivity contribution is 5.91. The minimum atomic E-state index is -0.414. The van der Waals surface area contributed by atoms with Gasteiger partial charge < -0.3 is 4.74 Å². The monoisotopic (exact) mass is 290 g/mol. The van der Waals surface area contributed by atoms with Crippen LogP contribution in [0.5, 0.6) is 0 Å². The Bertz CT molecular complexity index is 564. The first-order valence-electron chi connectivity index (χ1n) is 5.89. The summed E-state index contributed by atoms with van der Waals surface area (Å²) in [4.78, 5) is 36.3. The maximum Gasteiger partial charge on any atom is 0.357 e. The molecule has 2 rings (SSSR count). The van der Waals surface area contributed by atoms with Gasteiger partial charge in [0.2, 0.25) is 0 Å². The molecule has 9 heteroatoms. The molecule has 2 aromatic rings. The molecule has 21 heavy (non-hydrogen) atoms. The number of ether oxygens (including phenoxy) is 1. The maximum absolute atomic E-state index is 10.9. The van der Waals surface area contributed by atoms with Gasteiger partial charge in [-0.1, -0.05) is 0 Å². The topological polar surface area (TPSA) is 133 Å². The van der Waals surface area contributed by atoms with E-state index in [9.17, 15) is 9.59 Å². The molecule has 2 aromatic heterocycles. The highest BCUT2D eigenvalue weighted by Gasteiger charge is 2.05. The van der Waals surface area contributed by atoms with Gasteiger partial charge in [-0.15, -0.1) is 0 Å². The molecule has 1 amide bonds. The number of nitrogens with one attached hydrogen (secondary N) is 1. The zero-order valence-corrected chi connectivity index (χ0v) is 11.3. The molecule has 0 bridgehead atoms. The lowest BCUT2D eigenvalue weighted by atomic mass is 10.4. The van der Waals surface area contributed by atoms with E-state index in [-0.39, 0.29) is 5.69 Å². The van der Waals surface area contributed by atoms with Crippen molar-refractivity contribution in [1.82, 2.24) is 25.4 Å². The zero-order chi connectivity index (χ0) is 15.5. The summed E-state index contributed by atoms with van der Waals surface area (Å²) in [7, 11) is 0. The summed E-state index contributed by atoms with van der Waals surface area (Å²) in [5.41, 5.74) is 2.51. The Labute approximate surface area is 120 Å². The number of rotatable bonds is 3. The Kier molecular flexibility index (Phi) is 6.94. The molecule has 2 heterocycles. The molecule has 0 saturated heterocycles. The number of hydrogen-bond acceptors (Lipinski definition) is 8. The Morgan fingerprint density at radius 3 is 2.14 bits per heavy atom. The summed E-state index contributed by atoms with van der Waals surface area (Å²) in [5, 5.41) is 0. The number of esters is 1. The fourth-order valence-corrected chi connectivity index (χ4v) is 1.12. The molecule has 9 nitrogen and oxygen atoms in total. The number of nitrogens with two attached hydrogens (primary N) is 1.